The second-order valence-electron chi connectivity index (χ2n) is 5.81. The number of carbonyl (C=O) groups is 1. The molecule has 1 atom stereocenters. The van der Waals surface area contributed by atoms with Gasteiger partial charge in [0, 0.05) is 12.6 Å². The maximum absolute atomic E-state index is 13.6. The van der Waals surface area contributed by atoms with Crippen molar-refractivity contribution < 1.29 is 24.3 Å². The van der Waals surface area contributed by atoms with Crippen LogP contribution in [0.1, 0.15) is 11.1 Å². The van der Waals surface area contributed by atoms with E-state index in [0.29, 0.717) is 5.56 Å². The zero-order valence-corrected chi connectivity index (χ0v) is 13.9. The highest BCUT2D eigenvalue weighted by molar-refractivity contribution is 5.67. The van der Waals surface area contributed by atoms with Crippen molar-refractivity contribution in [3.63, 3.8) is 0 Å². The summed E-state index contributed by atoms with van der Waals surface area (Å²) in [5.74, 6) is -0.603. The molecule has 2 rings (SSSR count). The van der Waals surface area contributed by atoms with Crippen molar-refractivity contribution in [2.45, 2.75) is 12.5 Å². The molecule has 0 heterocycles. The third-order valence-electron chi connectivity index (χ3n) is 3.92. The van der Waals surface area contributed by atoms with Crippen LogP contribution in [0.5, 0.6) is 0 Å². The average molecular weight is 363 g/mol. The van der Waals surface area contributed by atoms with Gasteiger partial charge in [-0.05, 0) is 36.2 Å². The van der Waals surface area contributed by atoms with E-state index in [1.54, 1.807) is 13.0 Å². The molecule has 0 aliphatic heterocycles. The lowest BCUT2D eigenvalue weighted by molar-refractivity contribution is -0.384. The molecule has 0 aliphatic rings. The molecule has 0 fully saturated rings. The first-order valence-electron chi connectivity index (χ1n) is 7.64. The molecule has 0 aliphatic carbocycles. The highest BCUT2D eigenvalue weighted by Gasteiger charge is 2.34. The number of anilines is 1. The Morgan fingerprint density at radius 1 is 1.31 bits per heavy atom. The van der Waals surface area contributed by atoms with Crippen LogP contribution in [0, 0.1) is 22.9 Å². The van der Waals surface area contributed by atoms with E-state index in [-0.39, 0.29) is 23.5 Å². The molecule has 8 nitrogen and oxygen atoms in total. The van der Waals surface area contributed by atoms with E-state index in [1.807, 2.05) is 0 Å². The maximum atomic E-state index is 13.6. The molecule has 0 radical (unpaired) electrons. The summed E-state index contributed by atoms with van der Waals surface area (Å²) in [5.41, 5.74) is -0.755. The average Bonchev–Trinajstić information content (AvgIpc) is 2.59. The SMILES string of the molecule is Cc1ccc(NCC(CO)(NC(=O)O)c2cccc(F)c2)c([N+](=O)[O-])c1. The van der Waals surface area contributed by atoms with Crippen molar-refractivity contribution in [3.8, 4) is 0 Å². The maximum Gasteiger partial charge on any atom is 0.405 e. The highest BCUT2D eigenvalue weighted by Crippen LogP contribution is 2.28. The van der Waals surface area contributed by atoms with Gasteiger partial charge in [0.05, 0.1) is 11.5 Å². The number of aryl methyl sites for hydroxylation is 1. The largest absolute Gasteiger partial charge is 0.465 e. The molecule has 1 unspecified atom stereocenters. The van der Waals surface area contributed by atoms with Gasteiger partial charge in [-0.1, -0.05) is 18.2 Å². The highest BCUT2D eigenvalue weighted by atomic mass is 19.1. The summed E-state index contributed by atoms with van der Waals surface area (Å²) in [6, 6.07) is 9.63. The van der Waals surface area contributed by atoms with E-state index in [9.17, 15) is 24.4 Å². The number of benzene rings is 2. The molecule has 1 amide bonds. The van der Waals surface area contributed by atoms with Crippen LogP contribution in [0.3, 0.4) is 0 Å². The Morgan fingerprint density at radius 2 is 2.04 bits per heavy atom. The smallest absolute Gasteiger partial charge is 0.405 e. The number of aliphatic hydroxyl groups is 1. The number of halogens is 1. The van der Waals surface area contributed by atoms with Crippen molar-refractivity contribution >= 4 is 17.5 Å². The number of nitrogens with one attached hydrogen (secondary N) is 2. The van der Waals surface area contributed by atoms with E-state index < -0.39 is 29.0 Å². The number of nitro benzene ring substituents is 1. The number of amides is 1. The Morgan fingerprint density at radius 3 is 2.62 bits per heavy atom. The first kappa shape index (κ1) is 19.1. The van der Waals surface area contributed by atoms with Gasteiger partial charge < -0.3 is 20.8 Å². The second-order valence-corrected chi connectivity index (χ2v) is 5.81. The van der Waals surface area contributed by atoms with Crippen LogP contribution < -0.4 is 10.6 Å². The molecule has 9 heteroatoms. The molecule has 0 spiro atoms. The normalized spacial score (nSPS) is 12.9. The van der Waals surface area contributed by atoms with Gasteiger partial charge in [0.15, 0.2) is 0 Å². The number of hydrogen-bond donors (Lipinski definition) is 4. The minimum Gasteiger partial charge on any atom is -0.465 e. The molecule has 4 N–H and O–H groups in total. The summed E-state index contributed by atoms with van der Waals surface area (Å²) in [6.07, 6.45) is -1.43. The molecule has 0 saturated heterocycles. The van der Waals surface area contributed by atoms with Crippen LogP contribution >= 0.6 is 0 Å². The molecule has 138 valence electrons. The van der Waals surface area contributed by atoms with Crippen LogP contribution in [0.2, 0.25) is 0 Å². The fourth-order valence-electron chi connectivity index (χ4n) is 2.58. The predicted octanol–water partition coefficient (Wildman–Crippen LogP) is 2.61. The lowest BCUT2D eigenvalue weighted by Crippen LogP contribution is -2.53. The molecule has 0 aromatic heterocycles. The summed E-state index contributed by atoms with van der Waals surface area (Å²) in [5, 5.41) is 35.2. The lowest BCUT2D eigenvalue weighted by atomic mass is 9.90. The number of rotatable bonds is 7. The zero-order chi connectivity index (χ0) is 19.3. The molecule has 0 bridgehead atoms. The second kappa shape index (κ2) is 7.79. The Hall–Kier alpha value is -3.20. The van der Waals surface area contributed by atoms with Gasteiger partial charge in [0.1, 0.15) is 17.0 Å². The van der Waals surface area contributed by atoms with Gasteiger partial charge >= 0.3 is 6.09 Å². The van der Waals surface area contributed by atoms with Crippen molar-refractivity contribution in [2.24, 2.45) is 0 Å². The van der Waals surface area contributed by atoms with E-state index in [1.165, 1.54) is 30.3 Å². The number of nitro groups is 1. The summed E-state index contributed by atoms with van der Waals surface area (Å²) in [4.78, 5) is 21.9. The van der Waals surface area contributed by atoms with E-state index >= 15 is 0 Å². The summed E-state index contributed by atoms with van der Waals surface area (Å²) >= 11 is 0. The van der Waals surface area contributed by atoms with Crippen LogP contribution in [0.4, 0.5) is 20.6 Å². The van der Waals surface area contributed by atoms with Crippen molar-refractivity contribution in [3.05, 3.63) is 69.5 Å². The molecular weight excluding hydrogens is 345 g/mol. The van der Waals surface area contributed by atoms with Crippen molar-refractivity contribution in [1.82, 2.24) is 5.32 Å². The number of hydrogen-bond acceptors (Lipinski definition) is 5. The third kappa shape index (κ3) is 4.25. The summed E-state index contributed by atoms with van der Waals surface area (Å²) in [7, 11) is 0. The first-order valence-corrected chi connectivity index (χ1v) is 7.64. The van der Waals surface area contributed by atoms with E-state index in [4.69, 9.17) is 5.11 Å². The Balaban J connectivity index is 2.40. The minimum absolute atomic E-state index is 0.155. The van der Waals surface area contributed by atoms with Crippen LogP contribution in [0.15, 0.2) is 42.5 Å². The quantitative estimate of drug-likeness (QED) is 0.443. The number of nitrogens with zero attached hydrogens (tertiary/aromatic N) is 1. The fourth-order valence-corrected chi connectivity index (χ4v) is 2.58. The van der Waals surface area contributed by atoms with E-state index in [0.717, 1.165) is 6.07 Å². The van der Waals surface area contributed by atoms with Crippen molar-refractivity contribution in [1.29, 1.82) is 0 Å². The lowest BCUT2D eigenvalue weighted by Gasteiger charge is -2.33. The monoisotopic (exact) mass is 363 g/mol. The van der Waals surface area contributed by atoms with Gasteiger partial charge in [-0.3, -0.25) is 10.1 Å². The third-order valence-corrected chi connectivity index (χ3v) is 3.92. The molecule has 2 aromatic rings. The molecule has 2 aromatic carbocycles. The summed E-state index contributed by atoms with van der Waals surface area (Å²) in [6.45, 7) is 0.784. The van der Waals surface area contributed by atoms with Gasteiger partial charge in [-0.25, -0.2) is 9.18 Å². The topological polar surface area (TPSA) is 125 Å². The summed E-state index contributed by atoms with van der Waals surface area (Å²) < 4.78 is 13.6. The Kier molecular flexibility index (Phi) is 5.73. The number of carboxylic acid groups (broad SMARTS) is 1. The van der Waals surface area contributed by atoms with Crippen molar-refractivity contribution in [2.75, 3.05) is 18.5 Å². The zero-order valence-electron chi connectivity index (χ0n) is 13.9. The Labute approximate surface area is 148 Å². The molecule has 0 saturated carbocycles. The predicted molar refractivity (Wildman–Crippen MR) is 92.6 cm³/mol. The van der Waals surface area contributed by atoms with Gasteiger partial charge in [0.2, 0.25) is 0 Å². The van der Waals surface area contributed by atoms with Gasteiger partial charge in [-0.2, -0.15) is 0 Å². The fraction of sp³-hybridized carbons (Fsp3) is 0.235. The van der Waals surface area contributed by atoms with Crippen LogP contribution in [-0.2, 0) is 5.54 Å². The number of aliphatic hydroxyl groups excluding tert-OH is 1. The van der Waals surface area contributed by atoms with Gasteiger partial charge in [0.25, 0.3) is 5.69 Å². The Bertz CT molecular complexity index is 830. The first-order chi connectivity index (χ1) is 12.3. The van der Waals surface area contributed by atoms with Gasteiger partial charge in [-0.15, -0.1) is 0 Å². The van der Waals surface area contributed by atoms with Crippen LogP contribution in [0.25, 0.3) is 0 Å². The van der Waals surface area contributed by atoms with Crippen LogP contribution in [-0.4, -0.2) is 34.4 Å². The molecular formula is C17H18FN3O5. The molecule has 26 heavy (non-hydrogen) atoms. The minimum atomic E-state index is -1.59. The standard InChI is InChI=1S/C17H18FN3O5/c1-11-5-6-14(15(7-11)21(25)26)19-9-17(10-22,20-16(23)24)12-3-2-4-13(18)8-12/h2-8,19-20,22H,9-10H2,1H3,(H,23,24). The van der Waals surface area contributed by atoms with E-state index in [2.05, 4.69) is 10.6 Å².